The van der Waals surface area contributed by atoms with E-state index in [0.717, 1.165) is 0 Å². The van der Waals surface area contributed by atoms with Gasteiger partial charge in [-0.25, -0.2) is 0 Å². The maximum Gasteiger partial charge on any atom is 0.361 e. The SMILES string of the molecule is O=C(c1ccc(C(=O)c2cc(Cl)ccc2Cl)cc1)c1ccc(P2(=O)OCCO2)cc1. The molecule has 0 aliphatic carbocycles. The van der Waals surface area contributed by atoms with Crippen LogP contribution in [0.25, 0.3) is 0 Å². The lowest BCUT2D eigenvalue weighted by molar-refractivity contribution is 0.102. The van der Waals surface area contributed by atoms with Crippen molar-refractivity contribution in [2.45, 2.75) is 0 Å². The highest BCUT2D eigenvalue weighted by Crippen LogP contribution is 2.50. The lowest BCUT2D eigenvalue weighted by atomic mass is 9.98. The van der Waals surface area contributed by atoms with Crippen LogP contribution in [0.2, 0.25) is 10.0 Å². The average Bonchev–Trinajstić information content (AvgIpc) is 3.22. The number of benzene rings is 3. The molecule has 5 nitrogen and oxygen atoms in total. The second-order valence-electron chi connectivity index (χ2n) is 6.57. The van der Waals surface area contributed by atoms with Gasteiger partial charge in [0.2, 0.25) is 0 Å². The maximum atomic E-state index is 12.8. The first kappa shape index (κ1) is 21.0. The Balaban J connectivity index is 1.54. The van der Waals surface area contributed by atoms with Crippen LogP contribution in [0.3, 0.4) is 0 Å². The summed E-state index contributed by atoms with van der Waals surface area (Å²) in [5.41, 5.74) is 1.52. The first-order chi connectivity index (χ1) is 14.4. The molecule has 0 amide bonds. The summed E-state index contributed by atoms with van der Waals surface area (Å²) in [5, 5.41) is 1.13. The number of carbonyl (C=O) groups is 2. The minimum absolute atomic E-state index is 0.229. The molecule has 3 aromatic rings. The van der Waals surface area contributed by atoms with E-state index in [-0.39, 0.29) is 24.8 Å². The van der Waals surface area contributed by atoms with Gasteiger partial charge in [-0.15, -0.1) is 0 Å². The molecule has 1 fully saturated rings. The Labute approximate surface area is 183 Å². The summed E-state index contributed by atoms with van der Waals surface area (Å²) in [6.07, 6.45) is 0. The second kappa shape index (κ2) is 8.46. The van der Waals surface area contributed by atoms with E-state index < -0.39 is 7.60 Å². The van der Waals surface area contributed by atoms with Gasteiger partial charge in [-0.05, 0) is 30.3 Å². The Kier molecular flexibility index (Phi) is 5.92. The van der Waals surface area contributed by atoms with Gasteiger partial charge >= 0.3 is 7.60 Å². The summed E-state index contributed by atoms with van der Waals surface area (Å²) >= 11 is 12.1. The summed E-state index contributed by atoms with van der Waals surface area (Å²) < 4.78 is 22.8. The van der Waals surface area contributed by atoms with E-state index in [1.807, 2.05) is 0 Å². The predicted octanol–water partition coefficient (Wildman–Crippen LogP) is 5.32. The maximum absolute atomic E-state index is 12.8. The first-order valence-electron chi connectivity index (χ1n) is 9.02. The van der Waals surface area contributed by atoms with Gasteiger partial charge in [0.25, 0.3) is 0 Å². The Bertz CT molecular complexity index is 1160. The Morgan fingerprint density at radius 2 is 1.23 bits per heavy atom. The molecular weight excluding hydrogens is 446 g/mol. The molecule has 1 heterocycles. The number of hydrogen-bond acceptors (Lipinski definition) is 5. The Morgan fingerprint density at radius 1 is 0.733 bits per heavy atom. The van der Waals surface area contributed by atoms with Crippen LogP contribution in [0.4, 0.5) is 0 Å². The van der Waals surface area contributed by atoms with E-state index in [0.29, 0.717) is 37.6 Å². The van der Waals surface area contributed by atoms with E-state index in [1.165, 1.54) is 6.07 Å². The molecule has 4 rings (SSSR count). The molecule has 0 aromatic heterocycles. The monoisotopic (exact) mass is 460 g/mol. The minimum Gasteiger partial charge on any atom is -0.303 e. The van der Waals surface area contributed by atoms with Crippen LogP contribution < -0.4 is 5.30 Å². The van der Waals surface area contributed by atoms with Crippen molar-refractivity contribution in [1.82, 2.24) is 0 Å². The smallest absolute Gasteiger partial charge is 0.303 e. The van der Waals surface area contributed by atoms with Crippen LogP contribution in [0.1, 0.15) is 31.8 Å². The summed E-state index contributed by atoms with van der Waals surface area (Å²) in [5.74, 6) is -0.514. The quantitative estimate of drug-likeness (QED) is 0.380. The van der Waals surface area contributed by atoms with Gasteiger partial charge in [0.05, 0.1) is 23.5 Å². The van der Waals surface area contributed by atoms with Crippen molar-refractivity contribution in [3.8, 4) is 0 Å². The lowest BCUT2D eigenvalue weighted by Gasteiger charge is -2.10. The van der Waals surface area contributed by atoms with E-state index in [9.17, 15) is 14.2 Å². The lowest BCUT2D eigenvalue weighted by Crippen LogP contribution is -2.08. The van der Waals surface area contributed by atoms with Crippen LogP contribution in [-0.2, 0) is 13.6 Å². The third kappa shape index (κ3) is 4.13. The molecule has 152 valence electrons. The zero-order chi connectivity index (χ0) is 21.3. The van der Waals surface area contributed by atoms with Gasteiger partial charge in [0.15, 0.2) is 11.6 Å². The van der Waals surface area contributed by atoms with Crippen molar-refractivity contribution >= 4 is 47.7 Å². The van der Waals surface area contributed by atoms with Crippen molar-refractivity contribution in [3.63, 3.8) is 0 Å². The van der Waals surface area contributed by atoms with Crippen molar-refractivity contribution < 1.29 is 23.2 Å². The van der Waals surface area contributed by atoms with Crippen LogP contribution in [0, 0.1) is 0 Å². The molecule has 0 unspecified atom stereocenters. The fraction of sp³-hybridized carbons (Fsp3) is 0.0909. The number of ketones is 2. The second-order valence-corrected chi connectivity index (χ2v) is 9.44. The molecule has 3 aromatic carbocycles. The third-order valence-corrected chi connectivity index (χ3v) is 7.17. The normalized spacial score (nSPS) is 15.1. The summed E-state index contributed by atoms with van der Waals surface area (Å²) in [7, 11) is -3.27. The van der Waals surface area contributed by atoms with Crippen molar-refractivity contribution in [2.75, 3.05) is 13.2 Å². The van der Waals surface area contributed by atoms with E-state index in [4.69, 9.17) is 32.2 Å². The summed E-state index contributed by atoms with van der Waals surface area (Å²) in [6.45, 7) is 0.562. The van der Waals surface area contributed by atoms with E-state index >= 15 is 0 Å². The third-order valence-electron chi connectivity index (χ3n) is 4.63. The minimum atomic E-state index is -3.27. The van der Waals surface area contributed by atoms with Gasteiger partial charge in [0, 0.05) is 27.3 Å². The van der Waals surface area contributed by atoms with Crippen LogP contribution in [0.15, 0.2) is 66.7 Å². The molecule has 0 atom stereocenters. The Hall–Kier alpha value is -2.27. The molecule has 30 heavy (non-hydrogen) atoms. The molecule has 0 bridgehead atoms. The summed E-state index contributed by atoms with van der Waals surface area (Å²) in [6, 6.07) is 17.3. The zero-order valence-electron chi connectivity index (χ0n) is 15.5. The molecule has 1 aliphatic heterocycles. The van der Waals surface area contributed by atoms with E-state index in [2.05, 4.69) is 0 Å². The highest BCUT2D eigenvalue weighted by Gasteiger charge is 2.32. The topological polar surface area (TPSA) is 69.7 Å². The Morgan fingerprint density at radius 3 is 1.80 bits per heavy atom. The zero-order valence-corrected chi connectivity index (χ0v) is 17.9. The van der Waals surface area contributed by atoms with Crippen LogP contribution >= 0.6 is 30.8 Å². The van der Waals surface area contributed by atoms with Gasteiger partial charge < -0.3 is 9.05 Å². The van der Waals surface area contributed by atoms with Crippen LogP contribution in [-0.4, -0.2) is 24.8 Å². The predicted molar refractivity (Wildman–Crippen MR) is 115 cm³/mol. The average molecular weight is 461 g/mol. The van der Waals surface area contributed by atoms with Crippen molar-refractivity contribution in [1.29, 1.82) is 0 Å². The highest BCUT2D eigenvalue weighted by molar-refractivity contribution is 7.62. The first-order valence-corrected chi connectivity index (χ1v) is 11.3. The van der Waals surface area contributed by atoms with Crippen molar-refractivity contribution in [2.24, 2.45) is 0 Å². The van der Waals surface area contributed by atoms with E-state index in [1.54, 1.807) is 60.7 Å². The molecule has 8 heteroatoms. The fourth-order valence-corrected chi connectivity index (χ4v) is 4.96. The summed E-state index contributed by atoms with van der Waals surface area (Å²) in [4.78, 5) is 25.4. The number of carbonyl (C=O) groups excluding carboxylic acids is 2. The van der Waals surface area contributed by atoms with Crippen molar-refractivity contribution in [3.05, 3.63) is 99.0 Å². The molecule has 0 saturated carbocycles. The number of hydrogen-bond donors (Lipinski definition) is 0. The van der Waals surface area contributed by atoms with Crippen LogP contribution in [0.5, 0.6) is 0 Å². The largest absolute Gasteiger partial charge is 0.361 e. The van der Waals surface area contributed by atoms with Gasteiger partial charge in [-0.1, -0.05) is 59.6 Å². The molecule has 0 N–H and O–H groups in total. The number of rotatable bonds is 5. The molecule has 0 spiro atoms. The standard InChI is InChI=1S/C22H15Cl2O5P/c23-17-7-10-20(24)19(13-17)22(26)16-3-1-14(2-4-16)21(25)15-5-8-18(9-6-15)30(27)28-11-12-29-30/h1-10,13H,11-12H2. The highest BCUT2D eigenvalue weighted by atomic mass is 35.5. The molecule has 1 aliphatic rings. The molecule has 0 radical (unpaired) electrons. The molecular formula is C22H15Cl2O5P. The van der Waals surface area contributed by atoms with Gasteiger partial charge in [-0.2, -0.15) is 0 Å². The van der Waals surface area contributed by atoms with Gasteiger partial charge in [0.1, 0.15) is 0 Å². The molecule has 1 saturated heterocycles. The van der Waals surface area contributed by atoms with Gasteiger partial charge in [-0.3, -0.25) is 14.2 Å². The fourth-order valence-electron chi connectivity index (χ4n) is 3.06. The number of halogens is 2.